The highest BCUT2D eigenvalue weighted by molar-refractivity contribution is 7.89. The van der Waals surface area contributed by atoms with Crippen molar-refractivity contribution in [3.05, 3.63) is 54.1 Å². The summed E-state index contributed by atoms with van der Waals surface area (Å²) in [7, 11) is -2.07. The van der Waals surface area contributed by atoms with Gasteiger partial charge >= 0.3 is 0 Å². The number of sulfonamides is 1. The monoisotopic (exact) mass is 363 g/mol. The Balaban J connectivity index is 2.36. The first-order valence-electron chi connectivity index (χ1n) is 8.34. The molecular formula is C19H25NO4S. The van der Waals surface area contributed by atoms with Crippen LogP contribution in [0.2, 0.25) is 0 Å². The van der Waals surface area contributed by atoms with E-state index in [1.54, 1.807) is 19.2 Å². The summed E-state index contributed by atoms with van der Waals surface area (Å²) >= 11 is 0. The second-order valence-electron chi connectivity index (χ2n) is 5.58. The molecule has 2 aromatic rings. The molecular weight excluding hydrogens is 338 g/mol. The van der Waals surface area contributed by atoms with Crippen molar-refractivity contribution < 1.29 is 17.9 Å². The fourth-order valence-electron chi connectivity index (χ4n) is 2.51. The highest BCUT2D eigenvalue weighted by Crippen LogP contribution is 2.33. The van der Waals surface area contributed by atoms with Gasteiger partial charge in [-0.3, -0.25) is 0 Å². The molecule has 0 heterocycles. The van der Waals surface area contributed by atoms with Crippen LogP contribution in [0.1, 0.15) is 32.4 Å². The Hall–Kier alpha value is -2.05. The molecule has 0 saturated heterocycles. The molecule has 0 spiro atoms. The lowest BCUT2D eigenvalue weighted by Gasteiger charge is -2.25. The van der Waals surface area contributed by atoms with Gasteiger partial charge in [-0.2, -0.15) is 4.31 Å². The van der Waals surface area contributed by atoms with Crippen LogP contribution in [0, 0.1) is 0 Å². The number of benzene rings is 2. The molecule has 0 unspecified atom stereocenters. The van der Waals surface area contributed by atoms with Crippen molar-refractivity contribution in [2.24, 2.45) is 0 Å². The number of hydrogen-bond acceptors (Lipinski definition) is 4. The van der Waals surface area contributed by atoms with E-state index in [-0.39, 0.29) is 10.9 Å². The molecule has 25 heavy (non-hydrogen) atoms. The SMILES string of the molecule is CCOc1ccc(S(=O)(=O)N(C)[C@H](C)c2ccccc2)cc1OCC. The van der Waals surface area contributed by atoms with Gasteiger partial charge < -0.3 is 9.47 Å². The van der Waals surface area contributed by atoms with Crippen LogP contribution < -0.4 is 9.47 Å². The van der Waals surface area contributed by atoms with Crippen molar-refractivity contribution in [3.63, 3.8) is 0 Å². The molecule has 6 heteroatoms. The van der Waals surface area contributed by atoms with Crippen molar-refractivity contribution in [3.8, 4) is 11.5 Å². The van der Waals surface area contributed by atoms with Gasteiger partial charge in [0.25, 0.3) is 0 Å². The molecule has 2 aromatic carbocycles. The zero-order chi connectivity index (χ0) is 18.4. The first-order valence-corrected chi connectivity index (χ1v) is 9.78. The maximum absolute atomic E-state index is 13.0. The Morgan fingerprint density at radius 3 is 2.16 bits per heavy atom. The summed E-state index contributed by atoms with van der Waals surface area (Å²) in [5.74, 6) is 0.980. The first kappa shape index (κ1) is 19.3. The fraction of sp³-hybridized carbons (Fsp3) is 0.368. The number of nitrogens with zero attached hydrogens (tertiary/aromatic N) is 1. The van der Waals surface area contributed by atoms with Crippen molar-refractivity contribution in [2.75, 3.05) is 20.3 Å². The minimum absolute atomic E-state index is 0.185. The molecule has 0 N–H and O–H groups in total. The summed E-state index contributed by atoms with van der Waals surface area (Å²) < 4.78 is 38.4. The largest absolute Gasteiger partial charge is 0.490 e. The van der Waals surface area contributed by atoms with Crippen LogP contribution in [0.25, 0.3) is 0 Å². The van der Waals surface area contributed by atoms with E-state index in [9.17, 15) is 8.42 Å². The van der Waals surface area contributed by atoms with E-state index in [0.29, 0.717) is 24.7 Å². The van der Waals surface area contributed by atoms with Crippen LogP contribution in [-0.2, 0) is 10.0 Å². The van der Waals surface area contributed by atoms with E-state index in [1.165, 1.54) is 10.4 Å². The Morgan fingerprint density at radius 2 is 1.56 bits per heavy atom. The maximum atomic E-state index is 13.0. The summed E-state index contributed by atoms with van der Waals surface area (Å²) in [5, 5.41) is 0. The van der Waals surface area contributed by atoms with Gasteiger partial charge in [-0.15, -0.1) is 0 Å². The number of hydrogen-bond donors (Lipinski definition) is 0. The lowest BCUT2D eigenvalue weighted by atomic mass is 10.1. The van der Waals surface area contributed by atoms with Gasteiger partial charge in [-0.05, 0) is 38.5 Å². The van der Waals surface area contributed by atoms with E-state index in [0.717, 1.165) is 5.56 Å². The zero-order valence-corrected chi connectivity index (χ0v) is 15.9. The Labute approximate surface area is 150 Å². The molecule has 0 aromatic heterocycles. The average molecular weight is 363 g/mol. The van der Waals surface area contributed by atoms with E-state index in [2.05, 4.69) is 0 Å². The van der Waals surface area contributed by atoms with Crippen LogP contribution in [0.5, 0.6) is 11.5 Å². The van der Waals surface area contributed by atoms with Gasteiger partial charge in [-0.1, -0.05) is 30.3 Å². The van der Waals surface area contributed by atoms with Crippen molar-refractivity contribution in [1.29, 1.82) is 0 Å². The fourth-order valence-corrected chi connectivity index (χ4v) is 3.87. The molecule has 136 valence electrons. The minimum atomic E-state index is -3.66. The summed E-state index contributed by atoms with van der Waals surface area (Å²) in [6, 6.07) is 14.0. The highest BCUT2D eigenvalue weighted by atomic mass is 32.2. The predicted octanol–water partition coefficient (Wildman–Crippen LogP) is 3.87. The normalized spacial score (nSPS) is 12.8. The van der Waals surface area contributed by atoms with E-state index < -0.39 is 10.0 Å². The van der Waals surface area contributed by atoms with Crippen LogP contribution in [-0.4, -0.2) is 33.0 Å². The van der Waals surface area contributed by atoms with Gasteiger partial charge in [-0.25, -0.2) is 8.42 Å². The molecule has 0 aliphatic carbocycles. The summed E-state index contributed by atoms with van der Waals surface area (Å²) in [4.78, 5) is 0.185. The number of rotatable bonds is 8. The molecule has 0 fully saturated rings. The number of ether oxygens (including phenoxy) is 2. The average Bonchev–Trinajstić information content (AvgIpc) is 2.63. The van der Waals surface area contributed by atoms with Crippen molar-refractivity contribution in [2.45, 2.75) is 31.7 Å². The van der Waals surface area contributed by atoms with Gasteiger partial charge in [0, 0.05) is 19.2 Å². The maximum Gasteiger partial charge on any atom is 0.243 e. The van der Waals surface area contributed by atoms with Gasteiger partial charge in [0.2, 0.25) is 10.0 Å². The van der Waals surface area contributed by atoms with E-state index >= 15 is 0 Å². The summed E-state index contributed by atoms with van der Waals surface area (Å²) in [6.45, 7) is 6.50. The second kappa shape index (κ2) is 8.36. The Morgan fingerprint density at radius 1 is 0.960 bits per heavy atom. The first-order chi connectivity index (χ1) is 11.9. The van der Waals surface area contributed by atoms with Crippen LogP contribution in [0.4, 0.5) is 0 Å². The minimum Gasteiger partial charge on any atom is -0.490 e. The lowest BCUT2D eigenvalue weighted by Crippen LogP contribution is -2.29. The molecule has 2 rings (SSSR count). The Bertz CT molecular complexity index is 790. The van der Waals surface area contributed by atoms with Crippen LogP contribution in [0.15, 0.2) is 53.4 Å². The Kier molecular flexibility index (Phi) is 6.45. The third kappa shape index (κ3) is 4.32. The van der Waals surface area contributed by atoms with Gasteiger partial charge in [0.1, 0.15) is 0 Å². The standard InChI is InChI=1S/C19H25NO4S/c1-5-23-18-13-12-17(14-19(18)24-6-2)25(21,22)20(4)15(3)16-10-8-7-9-11-16/h7-15H,5-6H2,1-4H3/t15-/m1/s1. The van der Waals surface area contributed by atoms with Crippen molar-refractivity contribution >= 4 is 10.0 Å². The second-order valence-corrected chi connectivity index (χ2v) is 7.58. The summed E-state index contributed by atoms with van der Waals surface area (Å²) in [6.07, 6.45) is 0. The molecule has 0 amide bonds. The third-order valence-corrected chi connectivity index (χ3v) is 5.94. The molecule has 0 radical (unpaired) electrons. The van der Waals surface area contributed by atoms with Gasteiger partial charge in [0.15, 0.2) is 11.5 Å². The van der Waals surface area contributed by atoms with E-state index in [4.69, 9.17) is 9.47 Å². The summed E-state index contributed by atoms with van der Waals surface area (Å²) in [5.41, 5.74) is 0.935. The lowest BCUT2D eigenvalue weighted by molar-refractivity contribution is 0.287. The van der Waals surface area contributed by atoms with Crippen molar-refractivity contribution in [1.82, 2.24) is 4.31 Å². The topological polar surface area (TPSA) is 55.8 Å². The predicted molar refractivity (Wildman–Crippen MR) is 98.6 cm³/mol. The zero-order valence-electron chi connectivity index (χ0n) is 15.1. The smallest absolute Gasteiger partial charge is 0.243 e. The molecule has 1 atom stereocenters. The third-order valence-electron chi connectivity index (χ3n) is 4.02. The molecule has 0 bridgehead atoms. The molecule has 0 aliphatic rings. The molecule has 0 aliphatic heterocycles. The highest BCUT2D eigenvalue weighted by Gasteiger charge is 2.27. The van der Waals surface area contributed by atoms with Gasteiger partial charge in [0.05, 0.1) is 18.1 Å². The van der Waals surface area contributed by atoms with E-state index in [1.807, 2.05) is 51.1 Å². The van der Waals surface area contributed by atoms with Crippen LogP contribution in [0.3, 0.4) is 0 Å². The quantitative estimate of drug-likeness (QED) is 0.714. The van der Waals surface area contributed by atoms with Crippen LogP contribution >= 0.6 is 0 Å². The molecule has 5 nitrogen and oxygen atoms in total. The molecule has 0 saturated carbocycles.